The van der Waals surface area contributed by atoms with Crippen LogP contribution >= 0.6 is 0 Å². The average Bonchev–Trinajstić information content (AvgIpc) is 2.27. The van der Waals surface area contributed by atoms with Gasteiger partial charge in [0, 0.05) is 31.3 Å². The number of likely N-dealkylation sites (N-methyl/N-ethyl adjacent to an activating group) is 1. The molecule has 5 heteroatoms. The van der Waals surface area contributed by atoms with Crippen LogP contribution in [-0.2, 0) is 0 Å². The predicted octanol–water partition coefficient (Wildman–Crippen LogP) is -0.409. The van der Waals surface area contributed by atoms with Crippen LogP contribution in [-0.4, -0.2) is 61.9 Å². The SMILES string of the molecule is CC(NCCN)C(C)(C)N(C)C.NCCCO. The predicted molar refractivity (Wildman–Crippen MR) is 75.0 cm³/mol. The fourth-order valence-corrected chi connectivity index (χ4v) is 1.03. The molecular formula is C12H32N4O. The highest BCUT2D eigenvalue weighted by atomic mass is 16.2. The van der Waals surface area contributed by atoms with E-state index in [9.17, 15) is 0 Å². The molecule has 0 spiro atoms. The molecule has 0 aromatic carbocycles. The highest BCUT2D eigenvalue weighted by Gasteiger charge is 2.27. The van der Waals surface area contributed by atoms with E-state index in [0.717, 1.165) is 13.0 Å². The van der Waals surface area contributed by atoms with Gasteiger partial charge >= 0.3 is 0 Å². The Balaban J connectivity index is 0. The number of nitrogens with two attached hydrogens (primary N) is 2. The van der Waals surface area contributed by atoms with Crippen molar-refractivity contribution in [3.63, 3.8) is 0 Å². The van der Waals surface area contributed by atoms with Crippen molar-refractivity contribution in [2.45, 2.75) is 38.8 Å². The molecule has 0 rings (SSSR count). The molecule has 0 bridgehead atoms. The summed E-state index contributed by atoms with van der Waals surface area (Å²) in [7, 11) is 4.20. The topological polar surface area (TPSA) is 87.5 Å². The number of rotatable bonds is 7. The third-order valence-corrected chi connectivity index (χ3v) is 3.17. The van der Waals surface area contributed by atoms with Crippen LogP contribution < -0.4 is 16.8 Å². The molecule has 5 nitrogen and oxygen atoms in total. The number of hydrogen-bond donors (Lipinski definition) is 4. The standard InChI is InChI=1S/C9H23N3.C3H9NO/c1-8(11-7-6-10)9(2,3)12(4)5;4-2-1-3-5/h8,11H,6-7,10H2,1-5H3;5H,1-4H2. The summed E-state index contributed by atoms with van der Waals surface area (Å²) < 4.78 is 0. The first-order valence-corrected chi connectivity index (χ1v) is 6.26. The van der Waals surface area contributed by atoms with Crippen LogP contribution in [0.4, 0.5) is 0 Å². The van der Waals surface area contributed by atoms with E-state index in [4.69, 9.17) is 16.6 Å². The van der Waals surface area contributed by atoms with Crippen LogP contribution in [0.5, 0.6) is 0 Å². The van der Waals surface area contributed by atoms with Crippen molar-refractivity contribution in [3.8, 4) is 0 Å². The van der Waals surface area contributed by atoms with E-state index < -0.39 is 0 Å². The third kappa shape index (κ3) is 9.50. The first kappa shape index (κ1) is 19.1. The third-order valence-electron chi connectivity index (χ3n) is 3.17. The number of aliphatic hydroxyl groups is 1. The molecule has 0 aliphatic heterocycles. The maximum Gasteiger partial charge on any atom is 0.0443 e. The molecule has 0 aromatic heterocycles. The van der Waals surface area contributed by atoms with E-state index >= 15 is 0 Å². The zero-order valence-corrected chi connectivity index (χ0v) is 12.2. The summed E-state index contributed by atoms with van der Waals surface area (Å²) in [5, 5.41) is 11.4. The quantitative estimate of drug-likeness (QED) is 0.492. The monoisotopic (exact) mass is 248 g/mol. The molecule has 1 unspecified atom stereocenters. The van der Waals surface area contributed by atoms with Gasteiger partial charge in [0.05, 0.1) is 0 Å². The second kappa shape index (κ2) is 10.9. The Labute approximate surface area is 107 Å². The summed E-state index contributed by atoms with van der Waals surface area (Å²) in [4.78, 5) is 2.22. The van der Waals surface area contributed by atoms with Crippen molar-refractivity contribution in [1.82, 2.24) is 10.2 Å². The van der Waals surface area contributed by atoms with Gasteiger partial charge in [-0.15, -0.1) is 0 Å². The first-order valence-electron chi connectivity index (χ1n) is 6.26. The van der Waals surface area contributed by atoms with Crippen molar-refractivity contribution in [1.29, 1.82) is 0 Å². The zero-order valence-electron chi connectivity index (χ0n) is 12.2. The second-order valence-corrected chi connectivity index (χ2v) is 4.88. The van der Waals surface area contributed by atoms with Crippen LogP contribution in [0.15, 0.2) is 0 Å². The molecule has 0 fully saturated rings. The lowest BCUT2D eigenvalue weighted by atomic mass is 9.95. The lowest BCUT2D eigenvalue weighted by Gasteiger charge is -2.38. The van der Waals surface area contributed by atoms with Gasteiger partial charge in [0.1, 0.15) is 0 Å². The Hall–Kier alpha value is -0.200. The van der Waals surface area contributed by atoms with E-state index in [1.54, 1.807) is 0 Å². The molecule has 0 heterocycles. The van der Waals surface area contributed by atoms with Gasteiger partial charge in [0.2, 0.25) is 0 Å². The van der Waals surface area contributed by atoms with Crippen molar-refractivity contribution in [2.75, 3.05) is 40.3 Å². The number of hydrogen-bond acceptors (Lipinski definition) is 5. The molecule has 106 valence electrons. The fraction of sp³-hybridized carbons (Fsp3) is 1.00. The Morgan fingerprint density at radius 1 is 1.24 bits per heavy atom. The van der Waals surface area contributed by atoms with Gasteiger partial charge in [0.15, 0.2) is 0 Å². The molecule has 17 heavy (non-hydrogen) atoms. The highest BCUT2D eigenvalue weighted by Crippen LogP contribution is 2.14. The largest absolute Gasteiger partial charge is 0.396 e. The summed E-state index contributed by atoms with van der Waals surface area (Å²) in [6.45, 7) is 9.04. The molecule has 0 radical (unpaired) electrons. The molecule has 0 saturated heterocycles. The van der Waals surface area contributed by atoms with Gasteiger partial charge in [-0.05, 0) is 47.8 Å². The van der Waals surface area contributed by atoms with Gasteiger partial charge < -0.3 is 26.8 Å². The van der Waals surface area contributed by atoms with E-state index in [-0.39, 0.29) is 12.1 Å². The van der Waals surface area contributed by atoms with E-state index in [1.165, 1.54) is 0 Å². The zero-order chi connectivity index (χ0) is 13.9. The molecular weight excluding hydrogens is 216 g/mol. The fourth-order valence-electron chi connectivity index (χ4n) is 1.03. The van der Waals surface area contributed by atoms with E-state index in [1.807, 2.05) is 0 Å². The average molecular weight is 248 g/mol. The van der Waals surface area contributed by atoms with Gasteiger partial charge in [0.25, 0.3) is 0 Å². The van der Waals surface area contributed by atoms with Crippen LogP contribution in [0, 0.1) is 0 Å². The van der Waals surface area contributed by atoms with Crippen molar-refractivity contribution < 1.29 is 5.11 Å². The van der Waals surface area contributed by atoms with Crippen molar-refractivity contribution in [2.24, 2.45) is 11.5 Å². The highest BCUT2D eigenvalue weighted by molar-refractivity contribution is 4.88. The van der Waals surface area contributed by atoms with Gasteiger partial charge in [-0.1, -0.05) is 0 Å². The first-order chi connectivity index (χ1) is 7.84. The maximum atomic E-state index is 7.99. The van der Waals surface area contributed by atoms with Crippen LogP contribution in [0.3, 0.4) is 0 Å². The summed E-state index contributed by atoms with van der Waals surface area (Å²) in [6, 6.07) is 0.455. The lowest BCUT2D eigenvalue weighted by Crippen LogP contribution is -2.54. The molecule has 1 atom stereocenters. The minimum Gasteiger partial charge on any atom is -0.396 e. The normalized spacial score (nSPS) is 13.2. The number of aliphatic hydroxyl groups excluding tert-OH is 1. The summed E-state index contributed by atoms with van der Waals surface area (Å²) >= 11 is 0. The number of nitrogens with one attached hydrogen (secondary N) is 1. The molecule has 0 aliphatic rings. The summed E-state index contributed by atoms with van der Waals surface area (Å²) in [5.74, 6) is 0. The van der Waals surface area contributed by atoms with E-state index in [2.05, 4.69) is 45.1 Å². The second-order valence-electron chi connectivity index (χ2n) is 4.88. The molecule has 0 saturated carbocycles. The van der Waals surface area contributed by atoms with E-state index in [0.29, 0.717) is 19.1 Å². The number of nitrogens with zero attached hydrogens (tertiary/aromatic N) is 1. The Kier molecular flexibility index (Phi) is 12.3. The van der Waals surface area contributed by atoms with Crippen molar-refractivity contribution in [3.05, 3.63) is 0 Å². The molecule has 6 N–H and O–H groups in total. The summed E-state index contributed by atoms with van der Waals surface area (Å²) in [5.41, 5.74) is 10.6. The minimum absolute atomic E-state index is 0.176. The minimum atomic E-state index is 0.176. The molecule has 0 amide bonds. The lowest BCUT2D eigenvalue weighted by molar-refractivity contribution is 0.147. The maximum absolute atomic E-state index is 7.99. The molecule has 0 aliphatic carbocycles. The van der Waals surface area contributed by atoms with Gasteiger partial charge in [-0.3, -0.25) is 0 Å². The van der Waals surface area contributed by atoms with Crippen LogP contribution in [0.2, 0.25) is 0 Å². The Morgan fingerprint density at radius 3 is 2.00 bits per heavy atom. The van der Waals surface area contributed by atoms with Crippen LogP contribution in [0.1, 0.15) is 27.2 Å². The van der Waals surface area contributed by atoms with Gasteiger partial charge in [-0.2, -0.15) is 0 Å². The Bertz CT molecular complexity index is 161. The smallest absolute Gasteiger partial charge is 0.0443 e. The van der Waals surface area contributed by atoms with Crippen molar-refractivity contribution >= 4 is 0 Å². The van der Waals surface area contributed by atoms with Crippen LogP contribution in [0.25, 0.3) is 0 Å². The summed E-state index contributed by atoms with van der Waals surface area (Å²) in [6.07, 6.45) is 0.722. The van der Waals surface area contributed by atoms with Gasteiger partial charge in [-0.25, -0.2) is 0 Å². The Morgan fingerprint density at radius 2 is 1.76 bits per heavy atom. The molecule has 0 aromatic rings.